The molecule has 4 rings (SSSR count). The van der Waals surface area contributed by atoms with Crippen LogP contribution in [0.3, 0.4) is 0 Å². The largest absolute Gasteiger partial charge is 0.497 e. The Morgan fingerprint density at radius 3 is 2.67 bits per heavy atom. The van der Waals surface area contributed by atoms with Gasteiger partial charge in [-0.1, -0.05) is 11.6 Å². The summed E-state index contributed by atoms with van der Waals surface area (Å²) in [6, 6.07) is 5.43. The molecule has 2 fully saturated rings. The predicted molar refractivity (Wildman–Crippen MR) is 124 cm³/mol. The smallest absolute Gasteiger partial charge is 0.329 e. The van der Waals surface area contributed by atoms with Crippen molar-refractivity contribution in [2.24, 2.45) is 0 Å². The molecule has 0 amide bonds. The normalized spacial score (nSPS) is 17.4. The molecule has 9 heteroatoms. The monoisotopic (exact) mass is 476 g/mol. The van der Waals surface area contributed by atoms with Crippen LogP contribution in [0.2, 0.25) is 5.02 Å². The lowest BCUT2D eigenvalue weighted by Crippen LogP contribution is -2.50. The number of ether oxygens (including phenoxy) is 4. The quantitative estimate of drug-likeness (QED) is 0.516. The molecule has 2 heterocycles. The van der Waals surface area contributed by atoms with E-state index in [2.05, 4.69) is 10.3 Å². The van der Waals surface area contributed by atoms with Gasteiger partial charge in [0.15, 0.2) is 0 Å². The number of carboxylic acids is 1. The minimum atomic E-state index is -1.11. The van der Waals surface area contributed by atoms with Gasteiger partial charge in [0.25, 0.3) is 0 Å². The molecule has 178 valence electrons. The highest BCUT2D eigenvalue weighted by atomic mass is 35.5. The van der Waals surface area contributed by atoms with Gasteiger partial charge in [0, 0.05) is 49.4 Å². The minimum absolute atomic E-state index is 0.253. The zero-order valence-corrected chi connectivity index (χ0v) is 19.6. The van der Waals surface area contributed by atoms with Crippen molar-refractivity contribution in [3.8, 4) is 22.6 Å². The first-order valence-electron chi connectivity index (χ1n) is 11.2. The topological polar surface area (TPSA) is 99.1 Å². The van der Waals surface area contributed by atoms with Crippen LogP contribution in [0.5, 0.6) is 11.5 Å². The molecule has 0 radical (unpaired) electrons. The number of aromatic nitrogens is 1. The maximum Gasteiger partial charge on any atom is 0.329 e. The average molecular weight is 477 g/mol. The second kappa shape index (κ2) is 10.2. The van der Waals surface area contributed by atoms with Gasteiger partial charge in [0.05, 0.1) is 31.5 Å². The lowest BCUT2D eigenvalue weighted by Gasteiger charge is -2.34. The van der Waals surface area contributed by atoms with E-state index in [1.807, 2.05) is 19.1 Å². The molecule has 0 bridgehead atoms. The second-order valence-electron chi connectivity index (χ2n) is 8.28. The van der Waals surface area contributed by atoms with Gasteiger partial charge in [-0.15, -0.1) is 0 Å². The number of nitrogens with one attached hydrogen (secondary N) is 1. The van der Waals surface area contributed by atoms with Gasteiger partial charge in [0.1, 0.15) is 22.9 Å². The Balaban J connectivity index is 1.73. The van der Waals surface area contributed by atoms with Crippen molar-refractivity contribution in [3.63, 3.8) is 0 Å². The first-order chi connectivity index (χ1) is 16.0. The van der Waals surface area contributed by atoms with E-state index in [1.54, 1.807) is 19.4 Å². The molecular formula is C24H29ClN2O6. The summed E-state index contributed by atoms with van der Waals surface area (Å²) in [5.41, 5.74) is 1.23. The Labute approximate surface area is 198 Å². The van der Waals surface area contributed by atoms with Crippen LogP contribution in [-0.2, 0) is 20.9 Å². The summed E-state index contributed by atoms with van der Waals surface area (Å²) < 4.78 is 22.5. The number of anilines is 1. The van der Waals surface area contributed by atoms with Gasteiger partial charge in [-0.25, -0.2) is 9.78 Å². The highest BCUT2D eigenvalue weighted by Gasteiger charge is 2.40. The number of carbonyl (C=O) groups is 1. The van der Waals surface area contributed by atoms with Gasteiger partial charge < -0.3 is 29.4 Å². The molecule has 1 aromatic heterocycles. The van der Waals surface area contributed by atoms with E-state index in [-0.39, 0.29) is 6.10 Å². The van der Waals surface area contributed by atoms with Gasteiger partial charge in [-0.05, 0) is 37.5 Å². The molecule has 8 nitrogen and oxygen atoms in total. The van der Waals surface area contributed by atoms with E-state index in [0.717, 1.165) is 24.0 Å². The van der Waals surface area contributed by atoms with Crippen LogP contribution in [-0.4, -0.2) is 54.6 Å². The molecule has 0 atom stereocenters. The molecule has 2 N–H and O–H groups in total. The predicted octanol–water partition coefficient (Wildman–Crippen LogP) is 4.53. The van der Waals surface area contributed by atoms with Crippen molar-refractivity contribution in [2.75, 3.05) is 32.2 Å². The number of hydrogen-bond acceptors (Lipinski definition) is 7. The van der Waals surface area contributed by atoms with Crippen molar-refractivity contribution >= 4 is 23.4 Å². The number of pyridine rings is 1. The van der Waals surface area contributed by atoms with Gasteiger partial charge in [-0.3, -0.25) is 0 Å². The third kappa shape index (κ3) is 5.34. The van der Waals surface area contributed by atoms with Crippen LogP contribution >= 0.6 is 11.6 Å². The fraction of sp³-hybridized carbons (Fsp3) is 0.500. The van der Waals surface area contributed by atoms with Crippen molar-refractivity contribution in [1.82, 2.24) is 4.98 Å². The molecule has 2 aromatic rings. The minimum Gasteiger partial charge on any atom is -0.497 e. The highest BCUT2D eigenvalue weighted by Crippen LogP contribution is 2.41. The van der Waals surface area contributed by atoms with Gasteiger partial charge in [0.2, 0.25) is 0 Å². The lowest BCUT2D eigenvalue weighted by molar-refractivity contribution is -0.145. The zero-order valence-electron chi connectivity index (χ0n) is 18.9. The van der Waals surface area contributed by atoms with E-state index in [9.17, 15) is 9.90 Å². The fourth-order valence-corrected chi connectivity index (χ4v) is 4.14. The molecule has 2 aliphatic rings. The molecule has 0 unspecified atom stereocenters. The van der Waals surface area contributed by atoms with Crippen LogP contribution in [0, 0.1) is 0 Å². The summed E-state index contributed by atoms with van der Waals surface area (Å²) in [6.45, 7) is 3.48. The average Bonchev–Trinajstić information content (AvgIpc) is 3.65. The molecule has 0 spiro atoms. The maximum absolute atomic E-state index is 12.1. The Kier molecular flexibility index (Phi) is 7.26. The number of aliphatic carboxylic acids is 1. The third-order valence-electron chi connectivity index (χ3n) is 5.95. The molecule has 1 aliphatic carbocycles. The molecule has 1 saturated heterocycles. The van der Waals surface area contributed by atoms with Crippen molar-refractivity contribution in [3.05, 3.63) is 35.0 Å². The SMILES string of the molecule is CCOc1cc(OC)cc(-c2cnc(NC3(C(=O)O)CCOCC3)cc2COC2CC2)c1Cl. The number of benzene rings is 1. The van der Waals surface area contributed by atoms with E-state index in [1.165, 1.54) is 0 Å². The van der Waals surface area contributed by atoms with Gasteiger partial charge >= 0.3 is 5.97 Å². The van der Waals surface area contributed by atoms with Gasteiger partial charge in [-0.2, -0.15) is 0 Å². The zero-order chi connectivity index (χ0) is 23.4. The van der Waals surface area contributed by atoms with Crippen LogP contribution < -0.4 is 14.8 Å². The first-order valence-corrected chi connectivity index (χ1v) is 11.5. The Hall–Kier alpha value is -2.55. The Morgan fingerprint density at radius 1 is 1.27 bits per heavy atom. The summed E-state index contributed by atoms with van der Waals surface area (Å²) in [7, 11) is 1.59. The highest BCUT2D eigenvalue weighted by molar-refractivity contribution is 6.35. The number of carboxylic acid groups (broad SMARTS) is 1. The molecule has 1 saturated carbocycles. The summed E-state index contributed by atoms with van der Waals surface area (Å²) >= 11 is 6.70. The fourth-order valence-electron chi connectivity index (χ4n) is 3.87. The summed E-state index contributed by atoms with van der Waals surface area (Å²) in [5.74, 6) is 0.698. The maximum atomic E-state index is 12.1. The van der Waals surface area contributed by atoms with E-state index < -0.39 is 11.5 Å². The summed E-state index contributed by atoms with van der Waals surface area (Å²) in [5, 5.41) is 13.5. The number of rotatable bonds is 10. The summed E-state index contributed by atoms with van der Waals surface area (Å²) in [4.78, 5) is 16.6. The second-order valence-corrected chi connectivity index (χ2v) is 8.66. The van der Waals surface area contributed by atoms with Crippen LogP contribution in [0.15, 0.2) is 24.4 Å². The molecule has 1 aromatic carbocycles. The van der Waals surface area contributed by atoms with Crippen LogP contribution in [0.1, 0.15) is 38.2 Å². The molecule has 1 aliphatic heterocycles. The standard InChI is InChI=1S/C24H29ClN2O6/c1-3-32-20-12-17(30-2)11-18(22(20)25)19-13-26-21(10-15(19)14-33-16-4-5-16)27-24(23(28)29)6-8-31-9-7-24/h10-13,16H,3-9,14H2,1-2H3,(H,26,27)(H,28,29). The van der Waals surface area contributed by atoms with E-state index in [4.69, 9.17) is 30.5 Å². The molecule has 33 heavy (non-hydrogen) atoms. The lowest BCUT2D eigenvalue weighted by atomic mass is 9.90. The van der Waals surface area contributed by atoms with Crippen molar-refractivity contribution < 1.29 is 28.8 Å². The van der Waals surface area contributed by atoms with Crippen LogP contribution in [0.25, 0.3) is 11.1 Å². The van der Waals surface area contributed by atoms with E-state index >= 15 is 0 Å². The Bertz CT molecular complexity index is 1000. The number of methoxy groups -OCH3 is 1. The van der Waals surface area contributed by atoms with Crippen LogP contribution in [0.4, 0.5) is 5.82 Å². The van der Waals surface area contributed by atoms with E-state index in [0.29, 0.717) is 67.2 Å². The molecular weight excluding hydrogens is 448 g/mol. The number of hydrogen-bond donors (Lipinski definition) is 2. The Morgan fingerprint density at radius 2 is 2.03 bits per heavy atom. The third-order valence-corrected chi connectivity index (χ3v) is 6.34. The number of halogens is 1. The number of nitrogens with zero attached hydrogens (tertiary/aromatic N) is 1. The summed E-state index contributed by atoms with van der Waals surface area (Å²) in [6.07, 6.45) is 4.75. The van der Waals surface area contributed by atoms with Crippen molar-refractivity contribution in [2.45, 2.75) is 50.9 Å². The first kappa shape index (κ1) is 23.6. The van der Waals surface area contributed by atoms with Crippen molar-refractivity contribution in [1.29, 1.82) is 0 Å².